The van der Waals surface area contributed by atoms with E-state index in [2.05, 4.69) is 9.93 Å². The lowest BCUT2D eigenvalue weighted by Crippen LogP contribution is -2.18. The van der Waals surface area contributed by atoms with Gasteiger partial charge in [0.25, 0.3) is 10.0 Å². The first-order valence-corrected chi connectivity index (χ1v) is 10.4. The highest BCUT2D eigenvalue weighted by molar-refractivity contribution is 7.89. The van der Waals surface area contributed by atoms with Crippen molar-refractivity contribution in [3.05, 3.63) is 94.0 Å². The van der Waals surface area contributed by atoms with Crippen molar-refractivity contribution in [3.8, 4) is 5.75 Å². The molecule has 0 amide bonds. The van der Waals surface area contributed by atoms with Gasteiger partial charge in [0.05, 0.1) is 16.1 Å². The van der Waals surface area contributed by atoms with E-state index in [1.165, 1.54) is 30.5 Å². The number of rotatable bonds is 7. The molecule has 0 spiro atoms. The van der Waals surface area contributed by atoms with Crippen molar-refractivity contribution in [1.82, 2.24) is 4.83 Å². The summed E-state index contributed by atoms with van der Waals surface area (Å²) in [5, 5.41) is 4.63. The van der Waals surface area contributed by atoms with Gasteiger partial charge in [-0.15, -0.1) is 0 Å². The van der Waals surface area contributed by atoms with Crippen LogP contribution < -0.4 is 9.57 Å². The highest BCUT2D eigenvalue weighted by atomic mass is 35.5. The highest BCUT2D eigenvalue weighted by Crippen LogP contribution is 2.25. The second kappa shape index (κ2) is 9.10. The van der Waals surface area contributed by atoms with Gasteiger partial charge in [-0.25, -0.2) is 4.83 Å². The maximum absolute atomic E-state index is 12.2. The van der Waals surface area contributed by atoms with Crippen molar-refractivity contribution in [2.45, 2.75) is 11.5 Å². The van der Waals surface area contributed by atoms with Crippen LogP contribution in [0.1, 0.15) is 11.1 Å². The number of halogens is 2. The standard InChI is InChI=1S/C20H16Cl2N2O3S/c21-17-7-9-18(10-8-17)28(25,26)24-23-13-16-6-11-20(19(22)12-16)27-14-15-4-2-1-3-5-15/h1-13,24H,14H2/b23-13+. The Bertz CT molecular complexity index is 1070. The molecule has 1 N–H and O–H groups in total. The quantitative estimate of drug-likeness (QED) is 0.425. The molecule has 28 heavy (non-hydrogen) atoms. The minimum atomic E-state index is -3.77. The average Bonchev–Trinajstić information content (AvgIpc) is 2.68. The summed E-state index contributed by atoms with van der Waals surface area (Å²) in [6.45, 7) is 0.398. The van der Waals surface area contributed by atoms with E-state index in [1.54, 1.807) is 18.2 Å². The molecule has 0 fully saturated rings. The van der Waals surface area contributed by atoms with Gasteiger partial charge in [-0.05, 0) is 53.6 Å². The highest BCUT2D eigenvalue weighted by Gasteiger charge is 2.12. The van der Waals surface area contributed by atoms with Crippen LogP contribution >= 0.6 is 23.2 Å². The average molecular weight is 435 g/mol. The van der Waals surface area contributed by atoms with E-state index in [0.29, 0.717) is 28.0 Å². The van der Waals surface area contributed by atoms with Crippen molar-refractivity contribution >= 4 is 39.4 Å². The fraction of sp³-hybridized carbons (Fsp3) is 0.0500. The number of sulfonamides is 1. The van der Waals surface area contributed by atoms with E-state index >= 15 is 0 Å². The van der Waals surface area contributed by atoms with Gasteiger partial charge in [0, 0.05) is 5.02 Å². The van der Waals surface area contributed by atoms with E-state index in [4.69, 9.17) is 27.9 Å². The van der Waals surface area contributed by atoms with E-state index in [9.17, 15) is 8.42 Å². The van der Waals surface area contributed by atoms with Crippen LogP contribution in [0.5, 0.6) is 5.75 Å². The third-order valence-electron chi connectivity index (χ3n) is 3.70. The molecule has 3 aromatic carbocycles. The van der Waals surface area contributed by atoms with Crippen LogP contribution in [0.25, 0.3) is 0 Å². The van der Waals surface area contributed by atoms with E-state index in [1.807, 2.05) is 30.3 Å². The summed E-state index contributed by atoms with van der Waals surface area (Å²) in [4.78, 5) is 2.21. The summed E-state index contributed by atoms with van der Waals surface area (Å²) in [7, 11) is -3.77. The van der Waals surface area contributed by atoms with Gasteiger partial charge in [-0.1, -0.05) is 53.5 Å². The molecule has 0 atom stereocenters. The third kappa shape index (κ3) is 5.48. The van der Waals surface area contributed by atoms with E-state index in [0.717, 1.165) is 5.56 Å². The lowest BCUT2D eigenvalue weighted by Gasteiger charge is -2.08. The molecule has 0 aromatic heterocycles. The first kappa shape index (κ1) is 20.2. The van der Waals surface area contributed by atoms with Gasteiger partial charge in [-0.3, -0.25) is 0 Å². The van der Waals surface area contributed by atoms with Crippen LogP contribution in [0.15, 0.2) is 82.8 Å². The topological polar surface area (TPSA) is 67.8 Å². The summed E-state index contributed by atoms with van der Waals surface area (Å²) < 4.78 is 30.0. The van der Waals surface area contributed by atoms with Crippen LogP contribution in [0, 0.1) is 0 Å². The normalized spacial score (nSPS) is 11.5. The zero-order chi connectivity index (χ0) is 20.0. The summed E-state index contributed by atoms with van der Waals surface area (Å²) in [5.41, 5.74) is 1.65. The summed E-state index contributed by atoms with van der Waals surface area (Å²) in [6.07, 6.45) is 1.36. The lowest BCUT2D eigenvalue weighted by molar-refractivity contribution is 0.306. The minimum absolute atomic E-state index is 0.0664. The Morgan fingerprint density at radius 3 is 2.36 bits per heavy atom. The first-order chi connectivity index (χ1) is 13.4. The molecule has 3 aromatic rings. The Morgan fingerprint density at radius 1 is 0.964 bits per heavy atom. The first-order valence-electron chi connectivity index (χ1n) is 8.21. The molecule has 3 rings (SSSR count). The summed E-state index contributed by atoms with van der Waals surface area (Å²) in [6, 6.07) is 20.6. The van der Waals surface area contributed by atoms with Crippen molar-refractivity contribution < 1.29 is 13.2 Å². The molecule has 0 aliphatic carbocycles. The van der Waals surface area contributed by atoms with Crippen LogP contribution in [-0.2, 0) is 16.6 Å². The number of hydrogen-bond acceptors (Lipinski definition) is 4. The molecule has 0 unspecified atom stereocenters. The number of benzene rings is 3. The largest absolute Gasteiger partial charge is 0.487 e. The molecule has 0 radical (unpaired) electrons. The Balaban J connectivity index is 1.63. The fourth-order valence-corrected chi connectivity index (χ4v) is 3.45. The SMILES string of the molecule is O=S(=O)(N/N=C/c1ccc(OCc2ccccc2)c(Cl)c1)c1ccc(Cl)cc1. The predicted molar refractivity (Wildman–Crippen MR) is 112 cm³/mol. The molecule has 0 saturated heterocycles. The maximum atomic E-state index is 12.2. The zero-order valence-electron chi connectivity index (χ0n) is 14.5. The van der Waals surface area contributed by atoms with Crippen molar-refractivity contribution in [3.63, 3.8) is 0 Å². The second-order valence-electron chi connectivity index (χ2n) is 5.77. The molecular formula is C20H16Cl2N2O3S. The van der Waals surface area contributed by atoms with Gasteiger partial charge in [0.15, 0.2) is 0 Å². The number of hydrazone groups is 1. The van der Waals surface area contributed by atoms with Crippen LogP contribution in [0.4, 0.5) is 0 Å². The summed E-state index contributed by atoms with van der Waals surface area (Å²) in [5.74, 6) is 0.532. The molecule has 144 valence electrons. The second-order valence-corrected chi connectivity index (χ2v) is 8.28. The van der Waals surface area contributed by atoms with Gasteiger partial charge in [-0.2, -0.15) is 13.5 Å². The Labute approximate surface area is 173 Å². The Morgan fingerprint density at radius 2 is 1.68 bits per heavy atom. The number of ether oxygens (including phenoxy) is 1. The zero-order valence-corrected chi connectivity index (χ0v) is 16.9. The smallest absolute Gasteiger partial charge is 0.276 e. The Hall–Kier alpha value is -2.54. The van der Waals surface area contributed by atoms with Gasteiger partial charge in [0.2, 0.25) is 0 Å². The number of hydrogen-bond donors (Lipinski definition) is 1. The van der Waals surface area contributed by atoms with Gasteiger partial charge in [0.1, 0.15) is 12.4 Å². The molecule has 8 heteroatoms. The lowest BCUT2D eigenvalue weighted by atomic mass is 10.2. The fourth-order valence-electron chi connectivity index (χ4n) is 2.29. The van der Waals surface area contributed by atoms with Crippen molar-refractivity contribution in [2.24, 2.45) is 5.10 Å². The predicted octanol–water partition coefficient (Wildman–Crippen LogP) is 4.88. The minimum Gasteiger partial charge on any atom is -0.487 e. The molecule has 0 saturated carbocycles. The van der Waals surface area contributed by atoms with E-state index < -0.39 is 10.0 Å². The molecule has 0 bridgehead atoms. The van der Waals surface area contributed by atoms with E-state index in [-0.39, 0.29) is 4.90 Å². The van der Waals surface area contributed by atoms with Crippen molar-refractivity contribution in [1.29, 1.82) is 0 Å². The number of nitrogens with zero attached hydrogens (tertiary/aromatic N) is 1. The number of nitrogens with one attached hydrogen (secondary N) is 1. The monoisotopic (exact) mass is 434 g/mol. The van der Waals surface area contributed by atoms with Crippen LogP contribution in [0.2, 0.25) is 10.0 Å². The maximum Gasteiger partial charge on any atom is 0.276 e. The molecule has 5 nitrogen and oxygen atoms in total. The molecule has 0 heterocycles. The Kier molecular flexibility index (Phi) is 6.57. The van der Waals surface area contributed by atoms with Crippen LogP contribution in [-0.4, -0.2) is 14.6 Å². The van der Waals surface area contributed by atoms with Crippen LogP contribution in [0.3, 0.4) is 0 Å². The molecular weight excluding hydrogens is 419 g/mol. The van der Waals surface area contributed by atoms with Crippen molar-refractivity contribution in [2.75, 3.05) is 0 Å². The van der Waals surface area contributed by atoms with Gasteiger partial charge < -0.3 is 4.74 Å². The van der Waals surface area contributed by atoms with Gasteiger partial charge >= 0.3 is 0 Å². The molecule has 0 aliphatic heterocycles. The third-order valence-corrected chi connectivity index (χ3v) is 5.49. The molecule has 0 aliphatic rings. The summed E-state index contributed by atoms with van der Waals surface area (Å²) >= 11 is 12.0.